The van der Waals surface area contributed by atoms with Gasteiger partial charge in [0.05, 0.1) is 6.54 Å². The SMILES string of the molecule is Nc1ccc2c(c1)CCC(=O)N2Cc1cc(Cl)cc(Cl)c1. The van der Waals surface area contributed by atoms with Crippen LogP contribution >= 0.6 is 23.2 Å². The number of fused-ring (bicyclic) bond motifs is 1. The lowest BCUT2D eigenvalue weighted by molar-refractivity contribution is -0.119. The Morgan fingerprint density at radius 3 is 2.48 bits per heavy atom. The van der Waals surface area contributed by atoms with E-state index in [1.165, 1.54) is 0 Å². The van der Waals surface area contributed by atoms with E-state index in [0.29, 0.717) is 28.7 Å². The third-order valence-electron chi connectivity index (χ3n) is 3.57. The summed E-state index contributed by atoms with van der Waals surface area (Å²) in [6.45, 7) is 0.454. The zero-order chi connectivity index (χ0) is 15.0. The molecule has 0 radical (unpaired) electrons. The Hall–Kier alpha value is -1.71. The molecule has 108 valence electrons. The molecule has 0 unspecified atom stereocenters. The van der Waals surface area contributed by atoms with Gasteiger partial charge in [0, 0.05) is 27.8 Å². The number of nitrogen functional groups attached to an aromatic ring is 1. The van der Waals surface area contributed by atoms with Crippen LogP contribution in [-0.4, -0.2) is 5.91 Å². The molecule has 3 rings (SSSR count). The summed E-state index contributed by atoms with van der Waals surface area (Å²) in [5, 5.41) is 1.14. The summed E-state index contributed by atoms with van der Waals surface area (Å²) in [4.78, 5) is 14.0. The second-order valence-electron chi connectivity index (χ2n) is 5.15. The highest BCUT2D eigenvalue weighted by atomic mass is 35.5. The Bertz CT molecular complexity index is 695. The van der Waals surface area contributed by atoms with Gasteiger partial charge in [-0.05, 0) is 53.9 Å². The number of anilines is 2. The first kappa shape index (κ1) is 14.2. The number of aryl methyl sites for hydroxylation is 1. The fourth-order valence-electron chi connectivity index (χ4n) is 2.64. The first-order valence-electron chi connectivity index (χ1n) is 6.66. The number of amides is 1. The third-order valence-corrected chi connectivity index (χ3v) is 4.00. The van der Waals surface area contributed by atoms with Crippen LogP contribution in [0.25, 0.3) is 0 Å². The number of benzene rings is 2. The molecule has 0 fully saturated rings. The monoisotopic (exact) mass is 320 g/mol. The molecule has 5 heteroatoms. The van der Waals surface area contributed by atoms with Gasteiger partial charge >= 0.3 is 0 Å². The molecule has 3 nitrogen and oxygen atoms in total. The van der Waals surface area contributed by atoms with Crippen LogP contribution in [0.15, 0.2) is 36.4 Å². The van der Waals surface area contributed by atoms with Crippen LogP contribution in [0, 0.1) is 0 Å². The van der Waals surface area contributed by atoms with E-state index < -0.39 is 0 Å². The molecule has 0 bridgehead atoms. The van der Waals surface area contributed by atoms with Gasteiger partial charge in [-0.15, -0.1) is 0 Å². The van der Waals surface area contributed by atoms with E-state index in [1.54, 1.807) is 11.0 Å². The first-order chi connectivity index (χ1) is 10.0. The topological polar surface area (TPSA) is 46.3 Å². The number of rotatable bonds is 2. The average Bonchev–Trinajstić information content (AvgIpc) is 2.41. The fourth-order valence-corrected chi connectivity index (χ4v) is 3.21. The highest BCUT2D eigenvalue weighted by Gasteiger charge is 2.24. The molecule has 1 aliphatic heterocycles. The molecular weight excluding hydrogens is 307 g/mol. The van der Waals surface area contributed by atoms with Crippen molar-refractivity contribution in [2.24, 2.45) is 0 Å². The lowest BCUT2D eigenvalue weighted by Crippen LogP contribution is -2.34. The quantitative estimate of drug-likeness (QED) is 0.848. The third kappa shape index (κ3) is 2.99. The van der Waals surface area contributed by atoms with Crippen molar-refractivity contribution >= 4 is 40.5 Å². The lowest BCUT2D eigenvalue weighted by atomic mass is 10.00. The lowest BCUT2D eigenvalue weighted by Gasteiger charge is -2.30. The zero-order valence-electron chi connectivity index (χ0n) is 11.3. The number of hydrogen-bond donors (Lipinski definition) is 1. The molecule has 0 aliphatic carbocycles. The van der Waals surface area contributed by atoms with Crippen molar-refractivity contribution in [3.63, 3.8) is 0 Å². The van der Waals surface area contributed by atoms with Gasteiger partial charge in [0.15, 0.2) is 0 Å². The van der Waals surface area contributed by atoms with Crippen LogP contribution in [0.2, 0.25) is 10.0 Å². The number of nitrogens with two attached hydrogens (primary N) is 1. The minimum Gasteiger partial charge on any atom is -0.399 e. The molecule has 0 saturated heterocycles. The van der Waals surface area contributed by atoms with E-state index in [-0.39, 0.29) is 5.91 Å². The standard InChI is InChI=1S/C16H14Cl2N2O/c17-12-5-10(6-13(18)8-12)9-20-15-3-2-14(19)7-11(15)1-4-16(20)21/h2-3,5-8H,1,4,9,19H2. The second-order valence-corrected chi connectivity index (χ2v) is 6.02. The minimum absolute atomic E-state index is 0.100. The van der Waals surface area contributed by atoms with E-state index in [0.717, 1.165) is 23.2 Å². The van der Waals surface area contributed by atoms with Crippen molar-refractivity contribution < 1.29 is 4.79 Å². The smallest absolute Gasteiger partial charge is 0.227 e. The van der Waals surface area contributed by atoms with Crippen molar-refractivity contribution in [2.75, 3.05) is 10.6 Å². The van der Waals surface area contributed by atoms with Gasteiger partial charge in [-0.1, -0.05) is 23.2 Å². The minimum atomic E-state index is 0.100. The summed E-state index contributed by atoms with van der Waals surface area (Å²) < 4.78 is 0. The Morgan fingerprint density at radius 2 is 1.76 bits per heavy atom. The van der Waals surface area contributed by atoms with E-state index >= 15 is 0 Å². The average molecular weight is 321 g/mol. The Morgan fingerprint density at radius 1 is 1.05 bits per heavy atom. The van der Waals surface area contributed by atoms with Crippen LogP contribution in [0.4, 0.5) is 11.4 Å². The maximum Gasteiger partial charge on any atom is 0.227 e. The molecule has 1 amide bonds. The molecule has 21 heavy (non-hydrogen) atoms. The Balaban J connectivity index is 1.96. The van der Waals surface area contributed by atoms with Gasteiger partial charge in [0.2, 0.25) is 5.91 Å². The summed E-state index contributed by atoms with van der Waals surface area (Å²) in [5.74, 6) is 0.100. The molecule has 2 N–H and O–H groups in total. The Kier molecular flexibility index (Phi) is 3.79. The van der Waals surface area contributed by atoms with Gasteiger partial charge in [0.1, 0.15) is 0 Å². The van der Waals surface area contributed by atoms with Crippen molar-refractivity contribution in [2.45, 2.75) is 19.4 Å². The van der Waals surface area contributed by atoms with Gasteiger partial charge in [-0.2, -0.15) is 0 Å². The van der Waals surface area contributed by atoms with Crippen molar-refractivity contribution in [1.29, 1.82) is 0 Å². The molecular formula is C16H14Cl2N2O. The molecule has 0 saturated carbocycles. The molecule has 1 heterocycles. The van der Waals surface area contributed by atoms with Crippen molar-refractivity contribution in [3.05, 3.63) is 57.6 Å². The summed E-state index contributed by atoms with van der Waals surface area (Å²) in [5.41, 5.74) is 9.45. The van der Waals surface area contributed by atoms with Crippen LogP contribution in [0.1, 0.15) is 17.5 Å². The molecule has 0 spiro atoms. The largest absolute Gasteiger partial charge is 0.399 e. The van der Waals surface area contributed by atoms with Crippen LogP contribution < -0.4 is 10.6 Å². The molecule has 2 aromatic rings. The summed E-state index contributed by atoms with van der Waals surface area (Å²) in [6.07, 6.45) is 1.22. The first-order valence-corrected chi connectivity index (χ1v) is 7.42. The number of nitrogens with zero attached hydrogens (tertiary/aromatic N) is 1. The van der Waals surface area contributed by atoms with E-state index in [4.69, 9.17) is 28.9 Å². The van der Waals surface area contributed by atoms with E-state index in [9.17, 15) is 4.79 Å². The zero-order valence-corrected chi connectivity index (χ0v) is 12.8. The number of carbonyl (C=O) groups excluding carboxylic acids is 1. The summed E-state index contributed by atoms with van der Waals surface area (Å²) in [6, 6.07) is 11.0. The van der Waals surface area contributed by atoms with Crippen LogP contribution in [-0.2, 0) is 17.8 Å². The highest BCUT2D eigenvalue weighted by Crippen LogP contribution is 2.31. The van der Waals surface area contributed by atoms with Gasteiger partial charge in [0.25, 0.3) is 0 Å². The second kappa shape index (κ2) is 5.58. The van der Waals surface area contributed by atoms with Crippen molar-refractivity contribution in [1.82, 2.24) is 0 Å². The summed E-state index contributed by atoms with van der Waals surface area (Å²) >= 11 is 12.0. The highest BCUT2D eigenvalue weighted by molar-refractivity contribution is 6.34. The Labute approximate surface area is 133 Å². The predicted octanol–water partition coefficient (Wildman–Crippen LogP) is 4.06. The predicted molar refractivity (Wildman–Crippen MR) is 86.8 cm³/mol. The maximum atomic E-state index is 12.2. The maximum absolute atomic E-state index is 12.2. The van der Waals surface area contributed by atoms with Crippen LogP contribution in [0.5, 0.6) is 0 Å². The van der Waals surface area contributed by atoms with Crippen LogP contribution in [0.3, 0.4) is 0 Å². The molecule has 0 aromatic heterocycles. The molecule has 0 atom stereocenters. The van der Waals surface area contributed by atoms with Gasteiger partial charge < -0.3 is 10.6 Å². The molecule has 1 aliphatic rings. The van der Waals surface area contributed by atoms with E-state index in [2.05, 4.69) is 0 Å². The van der Waals surface area contributed by atoms with Crippen molar-refractivity contribution in [3.8, 4) is 0 Å². The number of carbonyl (C=O) groups is 1. The van der Waals surface area contributed by atoms with Gasteiger partial charge in [-0.25, -0.2) is 0 Å². The summed E-state index contributed by atoms with van der Waals surface area (Å²) in [7, 11) is 0. The normalized spacial score (nSPS) is 14.2. The number of hydrogen-bond acceptors (Lipinski definition) is 2. The number of halogens is 2. The molecule has 2 aromatic carbocycles. The van der Waals surface area contributed by atoms with Gasteiger partial charge in [-0.3, -0.25) is 4.79 Å². The fraction of sp³-hybridized carbons (Fsp3) is 0.188. The van der Waals surface area contributed by atoms with E-state index in [1.807, 2.05) is 30.3 Å².